The van der Waals surface area contributed by atoms with Crippen LogP contribution in [0.25, 0.3) is 0 Å². The van der Waals surface area contributed by atoms with Gasteiger partial charge in [0, 0.05) is 19.3 Å². The smallest absolute Gasteiger partial charge is 0.335 e. The number of carboxylic acid groups (broad SMARTS) is 1. The molecule has 12 nitrogen and oxygen atoms in total. The first-order chi connectivity index (χ1) is 40.6. The Labute approximate surface area is 504 Å². The molecular formula is C71H116O12. The van der Waals surface area contributed by atoms with Crippen LogP contribution in [0.2, 0.25) is 0 Å². The van der Waals surface area contributed by atoms with Gasteiger partial charge in [-0.3, -0.25) is 14.4 Å². The van der Waals surface area contributed by atoms with E-state index in [0.29, 0.717) is 19.3 Å². The quantitative estimate of drug-likeness (QED) is 0.0228. The Morgan fingerprint density at radius 3 is 1.16 bits per heavy atom. The summed E-state index contributed by atoms with van der Waals surface area (Å²) in [5.74, 6) is -3.16. The number of carboxylic acids is 1. The molecule has 0 saturated carbocycles. The Kier molecular flexibility index (Phi) is 53.2. The van der Waals surface area contributed by atoms with Crippen LogP contribution >= 0.6 is 0 Å². The number of allylic oxidation sites excluding steroid dienone is 18. The van der Waals surface area contributed by atoms with E-state index in [2.05, 4.69) is 130 Å². The predicted octanol–water partition coefficient (Wildman–Crippen LogP) is 17.8. The van der Waals surface area contributed by atoms with Crippen molar-refractivity contribution < 1.29 is 58.2 Å². The Morgan fingerprint density at radius 1 is 0.410 bits per heavy atom. The number of aliphatic carboxylic acids is 1. The number of carbonyl (C=O) groups is 4. The summed E-state index contributed by atoms with van der Waals surface area (Å²) in [7, 11) is 0. The molecule has 1 saturated heterocycles. The third kappa shape index (κ3) is 47.3. The van der Waals surface area contributed by atoms with Crippen molar-refractivity contribution in [3.8, 4) is 0 Å². The van der Waals surface area contributed by atoms with E-state index in [-0.39, 0.29) is 25.9 Å². The second kappa shape index (κ2) is 57.8. The number of rotatable bonds is 55. The van der Waals surface area contributed by atoms with Crippen molar-refractivity contribution in [2.75, 3.05) is 13.2 Å². The zero-order valence-electron chi connectivity index (χ0n) is 52.2. The van der Waals surface area contributed by atoms with Crippen LogP contribution in [0.3, 0.4) is 0 Å². The van der Waals surface area contributed by atoms with Gasteiger partial charge in [-0.2, -0.15) is 0 Å². The highest BCUT2D eigenvalue weighted by molar-refractivity contribution is 5.74. The van der Waals surface area contributed by atoms with Gasteiger partial charge in [-0.05, 0) is 122 Å². The number of aliphatic hydroxyl groups excluding tert-OH is 2. The molecule has 12 heteroatoms. The van der Waals surface area contributed by atoms with Crippen molar-refractivity contribution in [2.24, 2.45) is 0 Å². The van der Waals surface area contributed by atoms with Crippen molar-refractivity contribution >= 4 is 23.9 Å². The minimum absolute atomic E-state index is 0.0391. The van der Waals surface area contributed by atoms with Gasteiger partial charge in [-0.25, -0.2) is 4.79 Å². The van der Waals surface area contributed by atoms with Gasteiger partial charge in [0.1, 0.15) is 18.8 Å². The van der Waals surface area contributed by atoms with Crippen molar-refractivity contribution in [3.05, 3.63) is 109 Å². The molecule has 1 heterocycles. The molecule has 0 aromatic carbocycles. The molecule has 1 rings (SSSR count). The first-order valence-corrected chi connectivity index (χ1v) is 32.9. The summed E-state index contributed by atoms with van der Waals surface area (Å²) < 4.78 is 28.5. The zero-order valence-corrected chi connectivity index (χ0v) is 52.2. The van der Waals surface area contributed by atoms with Crippen LogP contribution in [-0.4, -0.2) is 89.2 Å². The lowest BCUT2D eigenvalue weighted by molar-refractivity contribution is -0.301. The molecule has 6 atom stereocenters. The zero-order chi connectivity index (χ0) is 60.3. The summed E-state index contributed by atoms with van der Waals surface area (Å²) in [6.45, 7) is 5.75. The molecule has 1 aliphatic rings. The number of hydrogen-bond acceptors (Lipinski definition) is 11. The van der Waals surface area contributed by atoms with Gasteiger partial charge in [0.2, 0.25) is 0 Å². The number of ether oxygens (including phenoxy) is 5. The van der Waals surface area contributed by atoms with E-state index < -0.39 is 67.3 Å². The molecule has 6 unspecified atom stereocenters. The fourth-order valence-electron chi connectivity index (χ4n) is 9.34. The van der Waals surface area contributed by atoms with E-state index in [9.17, 15) is 34.5 Å². The summed E-state index contributed by atoms with van der Waals surface area (Å²) in [4.78, 5) is 51.4. The third-order valence-electron chi connectivity index (χ3n) is 14.3. The Morgan fingerprint density at radius 2 is 0.759 bits per heavy atom. The SMILES string of the molecule is CC/C=C\C/C=C\C/C=C\CCCCCCCCCC(=O)OCC(COC1OC(C(=O)O)C(O)C(O)C1OC(=O)CCCCCCCC/C=C\C/C=C\C/C=C\CCCCC)OC(=O)CCCCCCCCC/C=C\C/C=C\C/C=C\CC. The number of carbonyl (C=O) groups excluding carboxylic acids is 3. The monoisotopic (exact) mass is 1160 g/mol. The van der Waals surface area contributed by atoms with Crippen molar-refractivity contribution in [1.82, 2.24) is 0 Å². The van der Waals surface area contributed by atoms with Gasteiger partial charge < -0.3 is 39.0 Å². The standard InChI is InChI=1S/C71H116O12/c1-4-7-10-13-16-19-22-25-28-31-32-35-38-41-44-47-50-53-56-59-65(74)82-69-67(76)66(75)68(70(77)78)83-71(69)80-61-62(81-64(73)58-55-52-49-46-43-40-37-34-30-27-24-21-18-15-12-9-6-3)60-79-63(72)57-54-51-48-45-42-39-36-33-29-26-23-20-17-14-11-8-5-2/h8-9,11-12,16-21,25-30,32,35,62,66-69,71,75-76H,4-7,10,13-15,22-24,31,33-34,36-61H2,1-3H3,(H,77,78)/b11-8-,12-9-,19-16-,20-17-,21-18-,28-25-,29-26-,30-27-,35-32-. The maximum absolute atomic E-state index is 13.2. The largest absolute Gasteiger partial charge is 0.479 e. The number of unbranched alkanes of at least 4 members (excludes halogenated alkanes) is 23. The normalized spacial score (nSPS) is 18.3. The van der Waals surface area contributed by atoms with Crippen LogP contribution in [0.15, 0.2) is 109 Å². The lowest BCUT2D eigenvalue weighted by Crippen LogP contribution is -2.61. The highest BCUT2D eigenvalue weighted by atomic mass is 16.7. The molecule has 0 radical (unpaired) electrons. The van der Waals surface area contributed by atoms with E-state index in [1.165, 1.54) is 25.7 Å². The minimum Gasteiger partial charge on any atom is -0.479 e. The molecule has 1 aliphatic heterocycles. The number of esters is 3. The number of aliphatic hydroxyl groups is 2. The van der Waals surface area contributed by atoms with E-state index in [4.69, 9.17) is 23.7 Å². The van der Waals surface area contributed by atoms with Crippen LogP contribution in [0.4, 0.5) is 0 Å². The molecule has 472 valence electrons. The molecule has 0 amide bonds. The average molecular weight is 1160 g/mol. The molecule has 1 fully saturated rings. The Hall–Kier alpha value is -4.62. The highest BCUT2D eigenvalue weighted by Gasteiger charge is 2.50. The maximum atomic E-state index is 13.2. The lowest BCUT2D eigenvalue weighted by atomic mass is 9.98. The maximum Gasteiger partial charge on any atom is 0.335 e. The first kappa shape index (κ1) is 76.4. The molecule has 83 heavy (non-hydrogen) atoms. The second-order valence-corrected chi connectivity index (χ2v) is 22.0. The highest BCUT2D eigenvalue weighted by Crippen LogP contribution is 2.26. The lowest BCUT2D eigenvalue weighted by Gasteiger charge is -2.40. The third-order valence-corrected chi connectivity index (χ3v) is 14.3. The summed E-state index contributed by atoms with van der Waals surface area (Å²) in [5, 5.41) is 31.6. The average Bonchev–Trinajstić information content (AvgIpc) is 3.58. The van der Waals surface area contributed by atoms with Crippen LogP contribution in [-0.2, 0) is 42.9 Å². The summed E-state index contributed by atoms with van der Waals surface area (Å²) in [6.07, 6.45) is 66.0. The fraction of sp³-hybridized carbons (Fsp3) is 0.690. The van der Waals surface area contributed by atoms with Gasteiger partial charge in [0.05, 0.1) is 6.61 Å². The van der Waals surface area contributed by atoms with E-state index in [1.807, 2.05) is 0 Å². The van der Waals surface area contributed by atoms with Gasteiger partial charge in [-0.1, -0.05) is 233 Å². The molecule has 0 spiro atoms. The van der Waals surface area contributed by atoms with E-state index in [0.717, 1.165) is 180 Å². The molecule has 0 bridgehead atoms. The summed E-state index contributed by atoms with van der Waals surface area (Å²) >= 11 is 0. The molecule has 0 aromatic rings. The molecule has 0 aromatic heterocycles. The number of hydrogen-bond donors (Lipinski definition) is 3. The van der Waals surface area contributed by atoms with E-state index >= 15 is 0 Å². The van der Waals surface area contributed by atoms with E-state index in [1.54, 1.807) is 0 Å². The van der Waals surface area contributed by atoms with Crippen LogP contribution < -0.4 is 0 Å². The molecule has 0 aliphatic carbocycles. The summed E-state index contributed by atoms with van der Waals surface area (Å²) in [5.41, 5.74) is 0. The van der Waals surface area contributed by atoms with Gasteiger partial charge in [0.15, 0.2) is 24.6 Å². The van der Waals surface area contributed by atoms with Crippen LogP contribution in [0.1, 0.15) is 265 Å². The second-order valence-electron chi connectivity index (χ2n) is 22.0. The van der Waals surface area contributed by atoms with Gasteiger partial charge in [0.25, 0.3) is 0 Å². The molecular weight excluding hydrogens is 1040 g/mol. The van der Waals surface area contributed by atoms with Gasteiger partial charge in [-0.15, -0.1) is 0 Å². The van der Waals surface area contributed by atoms with Gasteiger partial charge >= 0.3 is 23.9 Å². The first-order valence-electron chi connectivity index (χ1n) is 32.9. The topological polar surface area (TPSA) is 175 Å². The fourth-order valence-corrected chi connectivity index (χ4v) is 9.34. The van der Waals surface area contributed by atoms with Crippen molar-refractivity contribution in [1.29, 1.82) is 0 Å². The predicted molar refractivity (Wildman–Crippen MR) is 340 cm³/mol. The minimum atomic E-state index is -1.92. The Balaban J connectivity index is 2.68. The molecule has 3 N–H and O–H groups in total. The Bertz CT molecular complexity index is 1860. The van der Waals surface area contributed by atoms with Crippen LogP contribution in [0.5, 0.6) is 0 Å². The van der Waals surface area contributed by atoms with Crippen molar-refractivity contribution in [3.63, 3.8) is 0 Å². The van der Waals surface area contributed by atoms with Crippen LogP contribution in [0, 0.1) is 0 Å². The summed E-state index contributed by atoms with van der Waals surface area (Å²) in [6, 6.07) is 0. The van der Waals surface area contributed by atoms with Crippen molar-refractivity contribution in [2.45, 2.75) is 302 Å².